The van der Waals surface area contributed by atoms with E-state index in [1.54, 1.807) is 14.2 Å². The molecule has 0 aliphatic carbocycles. The van der Waals surface area contributed by atoms with Gasteiger partial charge >= 0.3 is 0 Å². The van der Waals surface area contributed by atoms with Crippen molar-refractivity contribution in [3.05, 3.63) is 23.9 Å². The highest BCUT2D eigenvalue weighted by Gasteiger charge is 2.15. The molecular weight excluding hydrogens is 254 g/mol. The van der Waals surface area contributed by atoms with Crippen molar-refractivity contribution in [2.75, 3.05) is 45.4 Å². The lowest BCUT2D eigenvalue weighted by Crippen LogP contribution is -2.35. The summed E-state index contributed by atoms with van der Waals surface area (Å²) in [5.41, 5.74) is 1.20. The summed E-state index contributed by atoms with van der Waals surface area (Å²) >= 11 is 0. The van der Waals surface area contributed by atoms with Gasteiger partial charge in [0.25, 0.3) is 0 Å². The minimum absolute atomic E-state index is 0.387. The molecule has 114 valence electrons. The summed E-state index contributed by atoms with van der Waals surface area (Å²) in [7, 11) is 3.44. The van der Waals surface area contributed by atoms with E-state index < -0.39 is 0 Å². The first kappa shape index (κ1) is 16.9. The Hall–Kier alpha value is -1.17. The Balaban J connectivity index is 2.74. The molecule has 5 nitrogen and oxygen atoms in total. The van der Waals surface area contributed by atoms with E-state index in [2.05, 4.69) is 35.1 Å². The summed E-state index contributed by atoms with van der Waals surface area (Å²) in [6.45, 7) is 8.24. The summed E-state index contributed by atoms with van der Waals surface area (Å²) in [6.07, 6.45) is 1.84. The minimum atomic E-state index is 0.387. The molecule has 1 heterocycles. The van der Waals surface area contributed by atoms with E-state index in [1.807, 2.05) is 12.3 Å². The maximum Gasteiger partial charge on any atom is 0.133 e. The van der Waals surface area contributed by atoms with Crippen LogP contribution in [0.5, 0.6) is 0 Å². The molecule has 20 heavy (non-hydrogen) atoms. The van der Waals surface area contributed by atoms with Crippen LogP contribution in [0.25, 0.3) is 0 Å². The number of nitrogens with zero attached hydrogens (tertiary/aromatic N) is 2. The highest BCUT2D eigenvalue weighted by molar-refractivity contribution is 5.47. The molecule has 0 spiro atoms. The first-order valence-electron chi connectivity index (χ1n) is 7.09. The normalized spacial score (nSPS) is 11.1. The molecule has 0 aliphatic heterocycles. The molecule has 5 heteroatoms. The third-order valence-corrected chi connectivity index (χ3v) is 3.10. The van der Waals surface area contributed by atoms with E-state index in [1.165, 1.54) is 5.56 Å². The fourth-order valence-electron chi connectivity index (χ4n) is 2.02. The molecule has 0 saturated heterocycles. The maximum absolute atomic E-state index is 5.20. The zero-order valence-corrected chi connectivity index (χ0v) is 13.1. The second kappa shape index (κ2) is 9.69. The van der Waals surface area contributed by atoms with Gasteiger partial charge in [0.2, 0.25) is 0 Å². The van der Waals surface area contributed by atoms with Gasteiger partial charge in [0.1, 0.15) is 5.82 Å². The summed E-state index contributed by atoms with van der Waals surface area (Å²) < 4.78 is 10.2. The molecule has 1 rings (SSSR count). The van der Waals surface area contributed by atoms with Crippen LogP contribution in [0.2, 0.25) is 0 Å². The van der Waals surface area contributed by atoms with Gasteiger partial charge in [0, 0.05) is 51.7 Å². The van der Waals surface area contributed by atoms with Gasteiger partial charge < -0.3 is 19.7 Å². The minimum Gasteiger partial charge on any atom is -0.383 e. The van der Waals surface area contributed by atoms with Crippen molar-refractivity contribution in [1.29, 1.82) is 0 Å². The third kappa shape index (κ3) is 5.45. The van der Waals surface area contributed by atoms with E-state index in [0.29, 0.717) is 19.3 Å². The van der Waals surface area contributed by atoms with E-state index in [9.17, 15) is 0 Å². The van der Waals surface area contributed by atoms with Gasteiger partial charge in [-0.3, -0.25) is 0 Å². The Morgan fingerprint density at radius 2 is 2.00 bits per heavy atom. The highest BCUT2D eigenvalue weighted by Crippen LogP contribution is 2.19. The van der Waals surface area contributed by atoms with Crippen LogP contribution in [0.1, 0.15) is 19.4 Å². The molecule has 1 aromatic heterocycles. The molecule has 0 amide bonds. The van der Waals surface area contributed by atoms with E-state index in [4.69, 9.17) is 9.47 Å². The molecule has 0 fully saturated rings. The molecule has 0 aliphatic rings. The second-order valence-corrected chi connectivity index (χ2v) is 4.94. The molecule has 0 radical (unpaired) electrons. The average Bonchev–Trinajstić information content (AvgIpc) is 2.45. The van der Waals surface area contributed by atoms with Crippen LogP contribution in [0.3, 0.4) is 0 Å². The van der Waals surface area contributed by atoms with Crippen molar-refractivity contribution in [2.24, 2.45) is 0 Å². The first-order valence-corrected chi connectivity index (χ1v) is 7.09. The second-order valence-electron chi connectivity index (χ2n) is 4.94. The van der Waals surface area contributed by atoms with Crippen LogP contribution in [0, 0.1) is 0 Å². The third-order valence-electron chi connectivity index (χ3n) is 3.10. The standard InChI is InChI=1S/C15H27N3O2/c1-13(2)18(9-11-20-4)15-14(6-5-7-17-15)12-16-8-10-19-3/h5-7,13,16H,8-12H2,1-4H3. The highest BCUT2D eigenvalue weighted by atomic mass is 16.5. The van der Waals surface area contributed by atoms with Crippen LogP contribution in [0.4, 0.5) is 5.82 Å². The fourth-order valence-corrected chi connectivity index (χ4v) is 2.02. The lowest BCUT2D eigenvalue weighted by Gasteiger charge is -2.29. The van der Waals surface area contributed by atoms with Crippen LogP contribution in [0.15, 0.2) is 18.3 Å². The topological polar surface area (TPSA) is 46.6 Å². The van der Waals surface area contributed by atoms with Gasteiger partial charge in [-0.25, -0.2) is 4.98 Å². The Bertz CT molecular complexity index is 372. The number of pyridine rings is 1. The number of methoxy groups -OCH3 is 2. The van der Waals surface area contributed by atoms with Gasteiger partial charge in [-0.15, -0.1) is 0 Å². The van der Waals surface area contributed by atoms with Crippen LogP contribution < -0.4 is 10.2 Å². The molecule has 0 unspecified atom stereocenters. The van der Waals surface area contributed by atoms with Crippen LogP contribution >= 0.6 is 0 Å². The van der Waals surface area contributed by atoms with Crippen LogP contribution in [-0.2, 0) is 16.0 Å². The number of ether oxygens (including phenoxy) is 2. The Kier molecular flexibility index (Phi) is 8.18. The number of anilines is 1. The first-order chi connectivity index (χ1) is 9.70. The summed E-state index contributed by atoms with van der Waals surface area (Å²) in [5, 5.41) is 3.37. The zero-order chi connectivity index (χ0) is 14.8. The van der Waals surface area contributed by atoms with E-state index in [-0.39, 0.29) is 0 Å². The Morgan fingerprint density at radius 3 is 2.65 bits per heavy atom. The zero-order valence-electron chi connectivity index (χ0n) is 13.1. The number of rotatable bonds is 10. The van der Waals surface area contributed by atoms with Crippen molar-refractivity contribution < 1.29 is 9.47 Å². The number of aromatic nitrogens is 1. The van der Waals surface area contributed by atoms with Gasteiger partial charge in [-0.1, -0.05) is 6.07 Å². The van der Waals surface area contributed by atoms with Crippen molar-refractivity contribution in [1.82, 2.24) is 10.3 Å². The van der Waals surface area contributed by atoms with Crippen molar-refractivity contribution in [3.8, 4) is 0 Å². The van der Waals surface area contributed by atoms with Gasteiger partial charge in [0.15, 0.2) is 0 Å². The quantitative estimate of drug-likeness (QED) is 0.661. The van der Waals surface area contributed by atoms with Crippen molar-refractivity contribution in [2.45, 2.75) is 26.4 Å². The smallest absolute Gasteiger partial charge is 0.133 e. The molecule has 1 aromatic rings. The Morgan fingerprint density at radius 1 is 1.25 bits per heavy atom. The molecule has 0 atom stereocenters. The number of nitrogens with one attached hydrogen (secondary N) is 1. The molecule has 1 N–H and O–H groups in total. The van der Waals surface area contributed by atoms with Gasteiger partial charge in [-0.2, -0.15) is 0 Å². The largest absolute Gasteiger partial charge is 0.383 e. The predicted octanol–water partition coefficient (Wildman–Crippen LogP) is 1.68. The lowest BCUT2D eigenvalue weighted by molar-refractivity contribution is 0.199. The van der Waals surface area contributed by atoms with Gasteiger partial charge in [-0.05, 0) is 19.9 Å². The molecular formula is C15H27N3O2. The van der Waals surface area contributed by atoms with Crippen molar-refractivity contribution >= 4 is 5.82 Å². The summed E-state index contributed by atoms with van der Waals surface area (Å²) in [6, 6.07) is 4.48. The van der Waals surface area contributed by atoms with E-state index >= 15 is 0 Å². The number of hydrogen-bond acceptors (Lipinski definition) is 5. The summed E-state index contributed by atoms with van der Waals surface area (Å²) in [5.74, 6) is 1.03. The number of hydrogen-bond donors (Lipinski definition) is 1. The van der Waals surface area contributed by atoms with E-state index in [0.717, 1.165) is 25.5 Å². The SMILES string of the molecule is COCCNCc1cccnc1N(CCOC)C(C)C. The lowest BCUT2D eigenvalue weighted by atomic mass is 10.2. The molecule has 0 saturated carbocycles. The summed E-state index contributed by atoms with van der Waals surface area (Å²) in [4.78, 5) is 6.83. The van der Waals surface area contributed by atoms with Crippen molar-refractivity contribution in [3.63, 3.8) is 0 Å². The van der Waals surface area contributed by atoms with Crippen LogP contribution in [-0.4, -0.2) is 51.5 Å². The predicted molar refractivity (Wildman–Crippen MR) is 82.2 cm³/mol. The fraction of sp³-hybridized carbons (Fsp3) is 0.667. The molecule has 0 aromatic carbocycles. The monoisotopic (exact) mass is 281 g/mol. The maximum atomic E-state index is 5.20. The Labute approximate surface area is 122 Å². The molecule has 0 bridgehead atoms. The average molecular weight is 281 g/mol. The van der Waals surface area contributed by atoms with Gasteiger partial charge in [0.05, 0.1) is 13.2 Å².